The van der Waals surface area contributed by atoms with Gasteiger partial charge in [0.05, 0.1) is 12.4 Å². The van der Waals surface area contributed by atoms with Gasteiger partial charge in [-0.3, -0.25) is 14.3 Å². The number of carbonyl (C=O) groups is 1. The summed E-state index contributed by atoms with van der Waals surface area (Å²) in [6.07, 6.45) is 3.45. The predicted molar refractivity (Wildman–Crippen MR) is 152 cm³/mol. The summed E-state index contributed by atoms with van der Waals surface area (Å²) in [7, 11) is 0. The molecule has 1 amide bonds. The van der Waals surface area contributed by atoms with Crippen molar-refractivity contribution in [3.05, 3.63) is 109 Å². The molecule has 8 nitrogen and oxygen atoms in total. The van der Waals surface area contributed by atoms with E-state index in [1.54, 1.807) is 12.4 Å². The third-order valence-corrected chi connectivity index (χ3v) is 6.61. The lowest BCUT2D eigenvalue weighted by atomic mass is 10.2. The van der Waals surface area contributed by atoms with E-state index in [2.05, 4.69) is 20.5 Å². The largest absolute Gasteiger partial charge is 0.494 e. The Kier molecular flexibility index (Phi) is 8.50. The SMILES string of the molecule is CCOc1ccc(-n2c(SCC(=O)Nc3ccc(OCc4ccccc4)cc3)nnc2-c2cccnc2)cc1. The number of benzene rings is 3. The molecule has 0 aliphatic heterocycles. The first kappa shape index (κ1) is 26.0. The predicted octanol–water partition coefficient (Wildman–Crippen LogP) is 6.04. The number of hydrogen-bond acceptors (Lipinski definition) is 7. The van der Waals surface area contributed by atoms with E-state index in [4.69, 9.17) is 9.47 Å². The molecule has 5 aromatic rings. The molecule has 0 fully saturated rings. The Bertz CT molecular complexity index is 1490. The number of hydrogen-bond donors (Lipinski definition) is 1. The van der Waals surface area contributed by atoms with Crippen LogP contribution in [0.2, 0.25) is 0 Å². The van der Waals surface area contributed by atoms with Crippen LogP contribution in [-0.2, 0) is 11.4 Å². The lowest BCUT2D eigenvalue weighted by Gasteiger charge is -2.12. The zero-order valence-corrected chi connectivity index (χ0v) is 22.2. The van der Waals surface area contributed by atoms with E-state index >= 15 is 0 Å². The van der Waals surface area contributed by atoms with Crippen molar-refractivity contribution in [2.45, 2.75) is 18.7 Å². The molecule has 0 aliphatic rings. The molecule has 1 N–H and O–H groups in total. The number of ether oxygens (including phenoxy) is 2. The van der Waals surface area contributed by atoms with Crippen molar-refractivity contribution in [3.8, 4) is 28.6 Å². The minimum absolute atomic E-state index is 0.151. The van der Waals surface area contributed by atoms with Crippen LogP contribution in [0.15, 0.2) is 109 Å². The summed E-state index contributed by atoms with van der Waals surface area (Å²) in [4.78, 5) is 17.0. The van der Waals surface area contributed by atoms with Crippen molar-refractivity contribution < 1.29 is 14.3 Å². The number of rotatable bonds is 11. The number of anilines is 1. The number of thioether (sulfide) groups is 1. The Labute approximate surface area is 231 Å². The van der Waals surface area contributed by atoms with Crippen LogP contribution in [0.25, 0.3) is 17.1 Å². The Hall–Kier alpha value is -4.63. The van der Waals surface area contributed by atoms with Crippen molar-refractivity contribution in [3.63, 3.8) is 0 Å². The van der Waals surface area contributed by atoms with Crippen molar-refractivity contribution in [2.75, 3.05) is 17.7 Å². The lowest BCUT2D eigenvalue weighted by Crippen LogP contribution is -2.14. The fraction of sp³-hybridized carbons (Fsp3) is 0.133. The molecule has 0 unspecified atom stereocenters. The zero-order valence-electron chi connectivity index (χ0n) is 21.4. The highest BCUT2D eigenvalue weighted by Crippen LogP contribution is 2.29. The molecular formula is C30H27N5O3S. The molecule has 0 aliphatic carbocycles. The van der Waals surface area contributed by atoms with Crippen LogP contribution in [0.4, 0.5) is 5.69 Å². The van der Waals surface area contributed by atoms with Gasteiger partial charge in [-0.2, -0.15) is 0 Å². The molecular weight excluding hydrogens is 510 g/mol. The molecule has 0 bridgehead atoms. The van der Waals surface area contributed by atoms with Crippen LogP contribution >= 0.6 is 11.8 Å². The van der Waals surface area contributed by atoms with E-state index in [9.17, 15) is 4.79 Å². The molecule has 2 heterocycles. The van der Waals surface area contributed by atoms with Gasteiger partial charge in [0.15, 0.2) is 11.0 Å². The number of carbonyl (C=O) groups excluding carboxylic acids is 1. The lowest BCUT2D eigenvalue weighted by molar-refractivity contribution is -0.113. The molecule has 9 heteroatoms. The molecule has 0 radical (unpaired) electrons. The highest BCUT2D eigenvalue weighted by atomic mass is 32.2. The summed E-state index contributed by atoms with van der Waals surface area (Å²) in [5, 5.41) is 12.3. The maximum Gasteiger partial charge on any atom is 0.234 e. The molecule has 2 aromatic heterocycles. The Morgan fingerprint density at radius 1 is 0.872 bits per heavy atom. The fourth-order valence-corrected chi connectivity index (χ4v) is 4.59. The van der Waals surface area contributed by atoms with Gasteiger partial charge in [-0.15, -0.1) is 10.2 Å². The van der Waals surface area contributed by atoms with E-state index in [0.29, 0.717) is 29.9 Å². The minimum atomic E-state index is -0.151. The van der Waals surface area contributed by atoms with Crippen molar-refractivity contribution in [1.29, 1.82) is 0 Å². The van der Waals surface area contributed by atoms with Gasteiger partial charge in [-0.1, -0.05) is 42.1 Å². The molecule has 196 valence electrons. The van der Waals surface area contributed by atoms with E-state index in [1.807, 2.05) is 102 Å². The fourth-order valence-electron chi connectivity index (χ4n) is 3.84. The smallest absolute Gasteiger partial charge is 0.234 e. The normalized spacial score (nSPS) is 10.7. The van der Waals surface area contributed by atoms with Gasteiger partial charge in [0.1, 0.15) is 18.1 Å². The highest BCUT2D eigenvalue weighted by Gasteiger charge is 2.18. The summed E-state index contributed by atoms with van der Waals surface area (Å²) in [5.74, 6) is 2.16. The quantitative estimate of drug-likeness (QED) is 0.206. The summed E-state index contributed by atoms with van der Waals surface area (Å²) >= 11 is 1.31. The second kappa shape index (κ2) is 12.7. The molecule has 0 spiro atoms. The van der Waals surface area contributed by atoms with E-state index in [1.165, 1.54) is 11.8 Å². The Morgan fingerprint density at radius 3 is 2.33 bits per heavy atom. The van der Waals surface area contributed by atoms with E-state index in [-0.39, 0.29) is 11.7 Å². The maximum atomic E-state index is 12.8. The number of nitrogens with one attached hydrogen (secondary N) is 1. The first-order valence-electron chi connectivity index (χ1n) is 12.5. The minimum Gasteiger partial charge on any atom is -0.494 e. The average molecular weight is 538 g/mol. The Balaban J connectivity index is 1.25. The van der Waals surface area contributed by atoms with Gasteiger partial charge in [0.25, 0.3) is 0 Å². The van der Waals surface area contributed by atoms with Crippen LogP contribution in [0, 0.1) is 0 Å². The highest BCUT2D eigenvalue weighted by molar-refractivity contribution is 7.99. The number of amides is 1. The van der Waals surface area contributed by atoms with Gasteiger partial charge in [0, 0.05) is 29.3 Å². The summed E-state index contributed by atoms with van der Waals surface area (Å²) in [6, 6.07) is 28.8. The average Bonchev–Trinajstić information content (AvgIpc) is 3.41. The van der Waals surface area contributed by atoms with Crippen LogP contribution in [0.3, 0.4) is 0 Å². The van der Waals surface area contributed by atoms with Gasteiger partial charge < -0.3 is 14.8 Å². The number of pyridine rings is 1. The topological polar surface area (TPSA) is 91.2 Å². The van der Waals surface area contributed by atoms with Crippen molar-refractivity contribution in [1.82, 2.24) is 19.7 Å². The summed E-state index contributed by atoms with van der Waals surface area (Å²) < 4.78 is 13.3. The first-order chi connectivity index (χ1) is 19.2. The molecule has 0 saturated heterocycles. The number of aromatic nitrogens is 4. The number of nitrogens with zero attached hydrogens (tertiary/aromatic N) is 4. The molecule has 0 saturated carbocycles. The maximum absolute atomic E-state index is 12.8. The van der Waals surface area contributed by atoms with Crippen LogP contribution in [0.1, 0.15) is 12.5 Å². The third kappa shape index (κ3) is 6.82. The van der Waals surface area contributed by atoms with Gasteiger partial charge in [-0.05, 0) is 73.2 Å². The van der Waals surface area contributed by atoms with Gasteiger partial charge in [-0.25, -0.2) is 0 Å². The van der Waals surface area contributed by atoms with Gasteiger partial charge in [0.2, 0.25) is 5.91 Å². The third-order valence-electron chi connectivity index (χ3n) is 5.68. The second-order valence-electron chi connectivity index (χ2n) is 8.45. The first-order valence-corrected chi connectivity index (χ1v) is 13.5. The molecule has 3 aromatic carbocycles. The van der Waals surface area contributed by atoms with Gasteiger partial charge >= 0.3 is 0 Å². The monoisotopic (exact) mass is 537 g/mol. The van der Waals surface area contributed by atoms with E-state index < -0.39 is 0 Å². The molecule has 39 heavy (non-hydrogen) atoms. The van der Waals surface area contributed by atoms with E-state index in [0.717, 1.165) is 28.3 Å². The van der Waals surface area contributed by atoms with Crippen LogP contribution in [0.5, 0.6) is 11.5 Å². The summed E-state index contributed by atoms with van der Waals surface area (Å²) in [6.45, 7) is 3.02. The van der Waals surface area contributed by atoms with Crippen molar-refractivity contribution in [2.24, 2.45) is 0 Å². The van der Waals surface area contributed by atoms with Crippen molar-refractivity contribution >= 4 is 23.4 Å². The van der Waals surface area contributed by atoms with Crippen LogP contribution < -0.4 is 14.8 Å². The standard InChI is InChI=1S/C30H27N5O3S/c1-2-37-26-16-12-25(13-17-26)35-29(23-9-6-18-31-19-23)33-34-30(35)39-21-28(36)32-24-10-14-27(15-11-24)38-20-22-7-4-3-5-8-22/h3-19H,2,20-21H2,1H3,(H,32,36). The zero-order chi connectivity index (χ0) is 26.9. The second-order valence-corrected chi connectivity index (χ2v) is 9.39. The van der Waals surface area contributed by atoms with Crippen LogP contribution in [-0.4, -0.2) is 38.0 Å². The Morgan fingerprint density at radius 2 is 1.62 bits per heavy atom. The summed E-state index contributed by atoms with van der Waals surface area (Å²) in [5.41, 5.74) is 3.47. The molecule has 5 rings (SSSR count). The molecule has 0 atom stereocenters.